The molecule has 0 amide bonds. The minimum absolute atomic E-state index is 0.0337. The van der Waals surface area contributed by atoms with Crippen LogP contribution in [-0.4, -0.2) is 29.1 Å². The highest BCUT2D eigenvalue weighted by Crippen LogP contribution is 2.35. The molecule has 1 N–H and O–H groups in total. The van der Waals surface area contributed by atoms with Crippen molar-refractivity contribution in [1.29, 1.82) is 0 Å². The van der Waals surface area contributed by atoms with Crippen LogP contribution in [0.1, 0.15) is 65.3 Å². The van der Waals surface area contributed by atoms with Crippen LogP contribution >= 0.6 is 0 Å². The highest BCUT2D eigenvalue weighted by Gasteiger charge is 2.31. The van der Waals surface area contributed by atoms with Gasteiger partial charge in [0.15, 0.2) is 0 Å². The lowest BCUT2D eigenvalue weighted by molar-refractivity contribution is 0.543. The third kappa shape index (κ3) is 3.66. The third-order valence-corrected chi connectivity index (χ3v) is 3.93. The first-order valence-corrected chi connectivity index (χ1v) is 8.28. The van der Waals surface area contributed by atoms with Gasteiger partial charge in [-0.15, -0.1) is 0 Å². The normalized spacial score (nSPS) is 15.1. The van der Waals surface area contributed by atoms with Crippen molar-refractivity contribution in [3.05, 3.63) is 11.4 Å². The van der Waals surface area contributed by atoms with Gasteiger partial charge in [-0.3, -0.25) is 0 Å². The molecule has 0 aromatic carbocycles. The third-order valence-electron chi connectivity index (χ3n) is 3.93. The quantitative estimate of drug-likeness (QED) is 0.863. The van der Waals surface area contributed by atoms with Gasteiger partial charge in [0.25, 0.3) is 0 Å². The van der Waals surface area contributed by atoms with E-state index < -0.39 is 0 Å². The number of nitrogens with zero attached hydrogens (tertiary/aromatic N) is 3. The largest absolute Gasteiger partial charge is 0.370 e. The second kappa shape index (κ2) is 6.20. The van der Waals surface area contributed by atoms with Crippen LogP contribution in [0.25, 0.3) is 0 Å². The van der Waals surface area contributed by atoms with Gasteiger partial charge in [0.05, 0.1) is 0 Å². The Kier molecular flexibility index (Phi) is 4.74. The molecule has 2 rings (SSSR count). The van der Waals surface area contributed by atoms with Gasteiger partial charge in [0.1, 0.15) is 17.5 Å². The van der Waals surface area contributed by atoms with Crippen LogP contribution in [-0.2, 0) is 5.41 Å². The summed E-state index contributed by atoms with van der Waals surface area (Å²) in [6.45, 7) is 15.0. The molecule has 4 heteroatoms. The van der Waals surface area contributed by atoms with Gasteiger partial charge in [-0.2, -0.15) is 0 Å². The molecule has 0 saturated heterocycles. The number of nitrogens with one attached hydrogen (secondary N) is 1. The van der Waals surface area contributed by atoms with E-state index in [-0.39, 0.29) is 5.41 Å². The molecule has 21 heavy (non-hydrogen) atoms. The van der Waals surface area contributed by atoms with Crippen molar-refractivity contribution in [2.45, 2.75) is 72.3 Å². The Bertz CT molecular complexity index is 486. The zero-order valence-corrected chi connectivity index (χ0v) is 14.5. The molecule has 0 atom stereocenters. The number of aromatic nitrogens is 2. The number of rotatable bonds is 6. The molecule has 0 aliphatic heterocycles. The molecular formula is C17H30N4. The summed E-state index contributed by atoms with van der Waals surface area (Å²) in [6, 6.07) is 0.676. The summed E-state index contributed by atoms with van der Waals surface area (Å²) in [5, 5.41) is 3.48. The van der Waals surface area contributed by atoms with Crippen molar-refractivity contribution in [2.75, 3.05) is 23.3 Å². The Labute approximate surface area is 129 Å². The SMILES string of the molecule is CCCNc1nc(C(C)(C)C)nc(N(CC)C2CC2)c1C. The zero-order chi connectivity index (χ0) is 15.6. The molecule has 0 bridgehead atoms. The predicted octanol–water partition coefficient (Wildman–Crippen LogP) is 3.89. The number of hydrogen-bond acceptors (Lipinski definition) is 4. The van der Waals surface area contributed by atoms with Crippen LogP contribution in [0.3, 0.4) is 0 Å². The van der Waals surface area contributed by atoms with Gasteiger partial charge in [-0.05, 0) is 33.1 Å². The highest BCUT2D eigenvalue weighted by atomic mass is 15.2. The fraction of sp³-hybridized carbons (Fsp3) is 0.765. The van der Waals surface area contributed by atoms with Crippen LogP contribution in [0.5, 0.6) is 0 Å². The summed E-state index contributed by atoms with van der Waals surface area (Å²) in [5.41, 5.74) is 1.15. The molecule has 0 radical (unpaired) electrons. The fourth-order valence-electron chi connectivity index (χ4n) is 2.50. The van der Waals surface area contributed by atoms with Crippen molar-refractivity contribution in [1.82, 2.24) is 9.97 Å². The van der Waals surface area contributed by atoms with Crippen LogP contribution in [0.15, 0.2) is 0 Å². The topological polar surface area (TPSA) is 41.1 Å². The van der Waals surface area contributed by atoms with E-state index in [4.69, 9.17) is 9.97 Å². The number of hydrogen-bond donors (Lipinski definition) is 1. The van der Waals surface area contributed by atoms with Crippen molar-refractivity contribution in [2.24, 2.45) is 0 Å². The Balaban J connectivity index is 2.45. The predicted molar refractivity (Wildman–Crippen MR) is 90.3 cm³/mol. The second-order valence-corrected chi connectivity index (χ2v) is 7.04. The van der Waals surface area contributed by atoms with Crippen LogP contribution < -0.4 is 10.2 Å². The summed E-state index contributed by atoms with van der Waals surface area (Å²) in [7, 11) is 0. The first-order valence-electron chi connectivity index (χ1n) is 8.28. The van der Waals surface area contributed by atoms with Crippen molar-refractivity contribution in [3.63, 3.8) is 0 Å². The standard InChI is InChI=1S/C17H30N4/c1-7-11-18-14-12(3)15(21(8-2)13-9-10-13)20-16(19-14)17(4,5)6/h13H,7-11H2,1-6H3,(H,18,19,20). The first-order chi connectivity index (χ1) is 9.88. The van der Waals surface area contributed by atoms with E-state index in [9.17, 15) is 0 Å². The van der Waals surface area contributed by atoms with Crippen LogP contribution in [0, 0.1) is 6.92 Å². The maximum absolute atomic E-state index is 4.92. The molecule has 1 heterocycles. The van der Waals surface area contributed by atoms with E-state index in [0.29, 0.717) is 6.04 Å². The Morgan fingerprint density at radius 3 is 2.33 bits per heavy atom. The van der Waals surface area contributed by atoms with E-state index >= 15 is 0 Å². The Morgan fingerprint density at radius 2 is 1.86 bits per heavy atom. The first kappa shape index (κ1) is 16.1. The summed E-state index contributed by atoms with van der Waals surface area (Å²) >= 11 is 0. The average molecular weight is 290 g/mol. The smallest absolute Gasteiger partial charge is 0.138 e. The second-order valence-electron chi connectivity index (χ2n) is 7.04. The minimum atomic E-state index is -0.0337. The molecule has 0 spiro atoms. The molecule has 1 saturated carbocycles. The van der Waals surface area contributed by atoms with Crippen molar-refractivity contribution < 1.29 is 0 Å². The summed E-state index contributed by atoms with van der Waals surface area (Å²) in [4.78, 5) is 12.2. The zero-order valence-electron chi connectivity index (χ0n) is 14.5. The molecular weight excluding hydrogens is 260 g/mol. The molecule has 1 aromatic heterocycles. The molecule has 4 nitrogen and oxygen atoms in total. The molecule has 0 unspecified atom stereocenters. The van der Waals surface area contributed by atoms with Crippen molar-refractivity contribution >= 4 is 11.6 Å². The van der Waals surface area contributed by atoms with Crippen LogP contribution in [0.4, 0.5) is 11.6 Å². The molecule has 1 aliphatic rings. The van der Waals surface area contributed by atoms with Gasteiger partial charge in [-0.25, -0.2) is 9.97 Å². The van der Waals surface area contributed by atoms with E-state index in [1.807, 2.05) is 0 Å². The fourth-order valence-corrected chi connectivity index (χ4v) is 2.50. The van der Waals surface area contributed by atoms with E-state index in [1.165, 1.54) is 18.4 Å². The summed E-state index contributed by atoms with van der Waals surface area (Å²) < 4.78 is 0. The molecule has 1 aliphatic carbocycles. The van der Waals surface area contributed by atoms with Crippen molar-refractivity contribution in [3.8, 4) is 0 Å². The minimum Gasteiger partial charge on any atom is -0.370 e. The van der Waals surface area contributed by atoms with Crippen LogP contribution in [0.2, 0.25) is 0 Å². The molecule has 118 valence electrons. The lowest BCUT2D eigenvalue weighted by Crippen LogP contribution is -2.29. The maximum Gasteiger partial charge on any atom is 0.138 e. The van der Waals surface area contributed by atoms with E-state index in [1.54, 1.807) is 0 Å². The average Bonchev–Trinajstić information content (AvgIpc) is 3.23. The Hall–Kier alpha value is -1.32. The molecule has 1 fully saturated rings. The van der Waals surface area contributed by atoms with E-state index in [0.717, 1.165) is 37.0 Å². The summed E-state index contributed by atoms with van der Waals surface area (Å²) in [5.74, 6) is 3.06. The number of anilines is 2. The van der Waals surface area contributed by atoms with Gasteiger partial charge in [0, 0.05) is 30.1 Å². The Morgan fingerprint density at radius 1 is 1.19 bits per heavy atom. The summed E-state index contributed by atoms with van der Waals surface area (Å²) in [6.07, 6.45) is 3.68. The van der Waals surface area contributed by atoms with Gasteiger partial charge in [-0.1, -0.05) is 27.7 Å². The van der Waals surface area contributed by atoms with E-state index in [2.05, 4.69) is 51.8 Å². The molecule has 1 aromatic rings. The lowest BCUT2D eigenvalue weighted by Gasteiger charge is -2.27. The lowest BCUT2D eigenvalue weighted by atomic mass is 9.95. The van der Waals surface area contributed by atoms with Gasteiger partial charge >= 0.3 is 0 Å². The maximum atomic E-state index is 4.92. The van der Waals surface area contributed by atoms with Gasteiger partial charge < -0.3 is 10.2 Å². The highest BCUT2D eigenvalue weighted by molar-refractivity contribution is 5.60. The van der Waals surface area contributed by atoms with Gasteiger partial charge in [0.2, 0.25) is 0 Å². The monoisotopic (exact) mass is 290 g/mol.